The smallest absolute Gasteiger partial charge is 0.243 e. The van der Waals surface area contributed by atoms with Gasteiger partial charge >= 0.3 is 0 Å². The predicted molar refractivity (Wildman–Crippen MR) is 105 cm³/mol. The zero-order chi connectivity index (χ0) is 19.7. The third-order valence-corrected chi connectivity index (χ3v) is 6.75. The summed E-state index contributed by atoms with van der Waals surface area (Å²) in [6, 6.07) is 16.5. The van der Waals surface area contributed by atoms with Crippen molar-refractivity contribution in [3.8, 4) is 11.3 Å². The molecule has 28 heavy (non-hydrogen) atoms. The molecule has 1 aromatic heterocycles. The van der Waals surface area contributed by atoms with Gasteiger partial charge in [0, 0.05) is 25.6 Å². The minimum absolute atomic E-state index is 0.259. The van der Waals surface area contributed by atoms with Gasteiger partial charge in [0.15, 0.2) is 5.89 Å². The summed E-state index contributed by atoms with van der Waals surface area (Å²) in [5.41, 5.74) is 2.55. The minimum atomic E-state index is -3.60. The van der Waals surface area contributed by atoms with E-state index in [1.165, 1.54) is 4.31 Å². The Labute approximate surface area is 164 Å². The van der Waals surface area contributed by atoms with E-state index in [4.69, 9.17) is 9.15 Å². The SMILES string of the molecule is Cc1nc(-c2ccc(S(=O)(=O)N3CCOC(c4ccccc4)C3)cc2)c(C)o1. The lowest BCUT2D eigenvalue weighted by molar-refractivity contribution is -0.00255. The number of hydrogen-bond donors (Lipinski definition) is 0. The van der Waals surface area contributed by atoms with Crippen molar-refractivity contribution in [3.05, 3.63) is 71.8 Å². The first-order valence-electron chi connectivity index (χ1n) is 9.16. The molecule has 1 fully saturated rings. The number of aromatic nitrogens is 1. The van der Waals surface area contributed by atoms with Crippen molar-refractivity contribution < 1.29 is 17.6 Å². The lowest BCUT2D eigenvalue weighted by Crippen LogP contribution is -2.42. The Balaban J connectivity index is 1.57. The summed E-state index contributed by atoms with van der Waals surface area (Å²) in [5.74, 6) is 1.30. The molecule has 1 atom stereocenters. The van der Waals surface area contributed by atoms with Gasteiger partial charge in [0.05, 0.1) is 17.6 Å². The van der Waals surface area contributed by atoms with Gasteiger partial charge in [0.25, 0.3) is 0 Å². The molecule has 6 nitrogen and oxygen atoms in total. The second-order valence-corrected chi connectivity index (χ2v) is 8.73. The first-order valence-corrected chi connectivity index (χ1v) is 10.6. The van der Waals surface area contributed by atoms with Crippen molar-refractivity contribution >= 4 is 10.0 Å². The Hall–Kier alpha value is -2.48. The normalized spacial score (nSPS) is 18.3. The van der Waals surface area contributed by atoms with Gasteiger partial charge in [-0.05, 0) is 24.6 Å². The Morgan fingerprint density at radius 1 is 1.04 bits per heavy atom. The molecule has 0 spiro atoms. The highest BCUT2D eigenvalue weighted by atomic mass is 32.2. The number of nitrogens with zero attached hydrogens (tertiary/aromatic N) is 2. The molecule has 0 saturated carbocycles. The maximum absolute atomic E-state index is 13.1. The maximum Gasteiger partial charge on any atom is 0.243 e. The second kappa shape index (κ2) is 7.50. The van der Waals surface area contributed by atoms with Gasteiger partial charge in [-0.3, -0.25) is 0 Å². The summed E-state index contributed by atoms with van der Waals surface area (Å²) in [6.07, 6.45) is -0.259. The van der Waals surface area contributed by atoms with Crippen molar-refractivity contribution in [1.29, 1.82) is 0 Å². The van der Waals surface area contributed by atoms with E-state index in [-0.39, 0.29) is 11.0 Å². The lowest BCUT2D eigenvalue weighted by Gasteiger charge is -2.32. The zero-order valence-electron chi connectivity index (χ0n) is 15.8. The minimum Gasteiger partial charge on any atom is -0.446 e. The van der Waals surface area contributed by atoms with Crippen LogP contribution in [0.25, 0.3) is 11.3 Å². The highest BCUT2D eigenvalue weighted by Gasteiger charge is 2.31. The Morgan fingerprint density at radius 3 is 2.39 bits per heavy atom. The number of benzene rings is 2. The third-order valence-electron chi connectivity index (χ3n) is 4.87. The van der Waals surface area contributed by atoms with Crippen LogP contribution in [0.15, 0.2) is 63.9 Å². The van der Waals surface area contributed by atoms with E-state index < -0.39 is 10.0 Å². The van der Waals surface area contributed by atoms with E-state index in [1.54, 1.807) is 31.2 Å². The van der Waals surface area contributed by atoms with Gasteiger partial charge in [0.2, 0.25) is 10.0 Å². The van der Waals surface area contributed by atoms with Crippen LogP contribution >= 0.6 is 0 Å². The molecule has 1 aliphatic rings. The van der Waals surface area contributed by atoms with Gasteiger partial charge in [0.1, 0.15) is 11.5 Å². The molecule has 1 unspecified atom stereocenters. The molecule has 0 radical (unpaired) electrons. The first kappa shape index (κ1) is 18.9. The van der Waals surface area contributed by atoms with Gasteiger partial charge < -0.3 is 9.15 Å². The van der Waals surface area contributed by atoms with Crippen molar-refractivity contribution in [3.63, 3.8) is 0 Å². The van der Waals surface area contributed by atoms with E-state index in [0.29, 0.717) is 31.3 Å². The van der Waals surface area contributed by atoms with Gasteiger partial charge in [-0.15, -0.1) is 0 Å². The molecule has 3 aromatic rings. The van der Waals surface area contributed by atoms with E-state index in [2.05, 4.69) is 4.98 Å². The molecule has 0 bridgehead atoms. The van der Waals surface area contributed by atoms with Crippen LogP contribution in [0.1, 0.15) is 23.3 Å². The molecule has 1 saturated heterocycles. The van der Waals surface area contributed by atoms with Crippen molar-refractivity contribution in [2.45, 2.75) is 24.8 Å². The standard InChI is InChI=1S/C21H22N2O4S/c1-15-21(22-16(2)27-15)18-8-10-19(11-9-18)28(24,25)23-12-13-26-20(14-23)17-6-4-3-5-7-17/h3-11,20H,12-14H2,1-2H3. The Morgan fingerprint density at radius 2 is 1.75 bits per heavy atom. The van der Waals surface area contributed by atoms with E-state index in [0.717, 1.165) is 16.8 Å². The fourth-order valence-electron chi connectivity index (χ4n) is 3.44. The predicted octanol–water partition coefficient (Wildman–Crippen LogP) is 3.72. The second-order valence-electron chi connectivity index (χ2n) is 6.80. The molecule has 146 valence electrons. The van der Waals surface area contributed by atoms with Crippen LogP contribution in [0, 0.1) is 13.8 Å². The molecule has 0 N–H and O–H groups in total. The summed E-state index contributed by atoms with van der Waals surface area (Å²) < 4.78 is 39.0. The van der Waals surface area contributed by atoms with Crippen LogP contribution < -0.4 is 0 Å². The van der Waals surface area contributed by atoms with Crippen LogP contribution in [0.4, 0.5) is 0 Å². The molecule has 1 aliphatic heterocycles. The van der Waals surface area contributed by atoms with Crippen molar-refractivity contribution in [2.24, 2.45) is 0 Å². The van der Waals surface area contributed by atoms with E-state index in [9.17, 15) is 8.42 Å². The monoisotopic (exact) mass is 398 g/mol. The Kier molecular flexibility index (Phi) is 5.05. The lowest BCUT2D eigenvalue weighted by atomic mass is 10.1. The molecule has 4 rings (SSSR count). The fourth-order valence-corrected chi connectivity index (χ4v) is 4.87. The van der Waals surface area contributed by atoms with E-state index in [1.807, 2.05) is 37.3 Å². The number of rotatable bonds is 4. The average Bonchev–Trinajstić information content (AvgIpc) is 3.07. The molecule has 0 amide bonds. The van der Waals surface area contributed by atoms with Crippen LogP contribution in [-0.2, 0) is 14.8 Å². The number of oxazole rings is 1. The van der Waals surface area contributed by atoms with Crippen LogP contribution in [0.3, 0.4) is 0 Å². The zero-order valence-corrected chi connectivity index (χ0v) is 16.6. The molecular weight excluding hydrogens is 376 g/mol. The number of sulfonamides is 1. The van der Waals surface area contributed by atoms with Crippen LogP contribution in [0.2, 0.25) is 0 Å². The largest absolute Gasteiger partial charge is 0.446 e. The first-order chi connectivity index (χ1) is 13.4. The number of ether oxygens (including phenoxy) is 1. The number of morpholine rings is 1. The van der Waals surface area contributed by atoms with Gasteiger partial charge in [-0.25, -0.2) is 13.4 Å². The van der Waals surface area contributed by atoms with Gasteiger partial charge in [-0.2, -0.15) is 4.31 Å². The topological polar surface area (TPSA) is 72.6 Å². The van der Waals surface area contributed by atoms with Gasteiger partial charge in [-0.1, -0.05) is 42.5 Å². The summed E-state index contributed by atoms with van der Waals surface area (Å²) in [6.45, 7) is 4.65. The number of hydrogen-bond acceptors (Lipinski definition) is 5. The number of aryl methyl sites for hydroxylation is 2. The molecule has 7 heteroatoms. The highest BCUT2D eigenvalue weighted by molar-refractivity contribution is 7.89. The van der Waals surface area contributed by atoms with Crippen LogP contribution in [-0.4, -0.2) is 37.4 Å². The highest BCUT2D eigenvalue weighted by Crippen LogP contribution is 2.28. The van der Waals surface area contributed by atoms with E-state index >= 15 is 0 Å². The molecule has 2 aromatic carbocycles. The third kappa shape index (κ3) is 3.61. The van der Waals surface area contributed by atoms with Crippen molar-refractivity contribution in [2.75, 3.05) is 19.7 Å². The molecule has 0 aliphatic carbocycles. The fraction of sp³-hybridized carbons (Fsp3) is 0.286. The summed E-state index contributed by atoms with van der Waals surface area (Å²) in [4.78, 5) is 4.63. The van der Waals surface area contributed by atoms with Crippen LogP contribution in [0.5, 0.6) is 0 Å². The quantitative estimate of drug-likeness (QED) is 0.670. The van der Waals surface area contributed by atoms with Crippen molar-refractivity contribution in [1.82, 2.24) is 9.29 Å². The summed E-state index contributed by atoms with van der Waals surface area (Å²) in [5, 5.41) is 0. The molecular formula is C21H22N2O4S. The summed E-state index contributed by atoms with van der Waals surface area (Å²) >= 11 is 0. The molecule has 2 heterocycles. The average molecular weight is 398 g/mol. The summed E-state index contributed by atoms with van der Waals surface area (Å²) in [7, 11) is -3.60. The Bertz CT molecular complexity index is 1060. The maximum atomic E-state index is 13.1.